The lowest BCUT2D eigenvalue weighted by molar-refractivity contribution is -0.192. The first-order valence-electron chi connectivity index (χ1n) is 14.1. The first kappa shape index (κ1) is 32.3. The number of piperidine rings is 1. The van der Waals surface area contributed by atoms with Crippen LogP contribution in [-0.2, 0) is 35.7 Å². The normalized spacial score (nSPS) is 27.3. The van der Waals surface area contributed by atoms with Gasteiger partial charge in [0.15, 0.2) is 29.8 Å². The van der Waals surface area contributed by atoms with Gasteiger partial charge in [-0.05, 0) is 56.6 Å². The van der Waals surface area contributed by atoms with Crippen LogP contribution >= 0.6 is 0 Å². The van der Waals surface area contributed by atoms with Crippen LogP contribution in [-0.4, -0.2) is 88.9 Å². The van der Waals surface area contributed by atoms with E-state index in [0.29, 0.717) is 29.9 Å². The molecule has 6 rings (SSSR count). The van der Waals surface area contributed by atoms with E-state index < -0.39 is 53.4 Å². The SMILES string of the molecule is COc1ccc2c3c1O[C@H]1C(OC(=O)C(C)OC(=O)C(O)c4ccccc4)=CC[C@@]4(O)[C@@H](C2)N(C)CC[C@]314.O=C(O)C(F)(F)F. The number of carbonyl (C=O) groups is 3. The van der Waals surface area contributed by atoms with E-state index in [1.807, 2.05) is 19.2 Å². The number of halogens is 3. The van der Waals surface area contributed by atoms with E-state index in [9.17, 15) is 33.0 Å². The largest absolute Gasteiger partial charge is 0.493 e. The van der Waals surface area contributed by atoms with Gasteiger partial charge in [0.05, 0.1) is 18.1 Å². The number of carboxylic acids is 1. The Kier molecular flexibility index (Phi) is 8.36. The molecule has 2 unspecified atom stereocenters. The third-order valence-corrected chi connectivity index (χ3v) is 8.98. The highest BCUT2D eigenvalue weighted by Crippen LogP contribution is 2.65. The maximum Gasteiger partial charge on any atom is 0.490 e. The number of nitrogens with zero attached hydrogens (tertiary/aromatic N) is 1. The average molecular weight is 636 g/mol. The number of methoxy groups -OCH3 is 1. The van der Waals surface area contributed by atoms with Gasteiger partial charge >= 0.3 is 24.1 Å². The number of likely N-dealkylation sites (tertiary alicyclic amines) is 1. The smallest absolute Gasteiger partial charge is 0.490 e. The molecule has 1 fully saturated rings. The number of benzene rings is 2. The maximum atomic E-state index is 13.1. The van der Waals surface area contributed by atoms with Gasteiger partial charge in [-0.1, -0.05) is 36.4 Å². The molecule has 4 aliphatic rings. The summed E-state index contributed by atoms with van der Waals surface area (Å²) in [7, 11) is 3.60. The Morgan fingerprint density at radius 2 is 1.78 bits per heavy atom. The summed E-state index contributed by atoms with van der Waals surface area (Å²) in [5, 5.41) is 29.7. The predicted molar refractivity (Wildman–Crippen MR) is 148 cm³/mol. The third kappa shape index (κ3) is 5.30. The number of carboxylic acid groups (broad SMARTS) is 1. The summed E-state index contributed by atoms with van der Waals surface area (Å²) in [6.45, 7) is 2.14. The van der Waals surface area contributed by atoms with Gasteiger partial charge < -0.3 is 39.2 Å². The molecule has 2 bridgehead atoms. The van der Waals surface area contributed by atoms with E-state index in [4.69, 9.17) is 28.8 Å². The second-order valence-corrected chi connectivity index (χ2v) is 11.4. The Balaban J connectivity index is 0.000000515. The van der Waals surface area contributed by atoms with Gasteiger partial charge in [0, 0.05) is 18.0 Å². The van der Waals surface area contributed by atoms with E-state index in [2.05, 4.69) is 4.90 Å². The minimum absolute atomic E-state index is 0.123. The topological polar surface area (TPSA) is 152 Å². The lowest BCUT2D eigenvalue weighted by Crippen LogP contribution is -2.74. The minimum Gasteiger partial charge on any atom is -0.493 e. The molecular weight excluding hydrogens is 603 g/mol. The van der Waals surface area contributed by atoms with Crippen LogP contribution in [0.5, 0.6) is 11.5 Å². The van der Waals surface area contributed by atoms with E-state index in [-0.39, 0.29) is 18.2 Å². The van der Waals surface area contributed by atoms with Crippen LogP contribution in [0.25, 0.3) is 0 Å². The zero-order valence-electron chi connectivity index (χ0n) is 24.5. The summed E-state index contributed by atoms with van der Waals surface area (Å²) < 4.78 is 54.8. The Morgan fingerprint density at radius 1 is 1.11 bits per heavy atom. The molecule has 45 heavy (non-hydrogen) atoms. The number of rotatable bonds is 6. The summed E-state index contributed by atoms with van der Waals surface area (Å²) in [6.07, 6.45) is -5.35. The molecule has 6 atom stereocenters. The van der Waals surface area contributed by atoms with Crippen LogP contribution in [0.2, 0.25) is 0 Å². The first-order chi connectivity index (χ1) is 21.2. The van der Waals surface area contributed by atoms with Crippen LogP contribution < -0.4 is 9.47 Å². The van der Waals surface area contributed by atoms with E-state index in [1.54, 1.807) is 43.5 Å². The van der Waals surface area contributed by atoms with Crippen molar-refractivity contribution < 1.29 is 61.8 Å². The molecule has 2 heterocycles. The molecule has 0 aromatic heterocycles. The summed E-state index contributed by atoms with van der Waals surface area (Å²) in [5.41, 5.74) is 0.455. The number of carbonyl (C=O) groups excluding carboxylic acids is 2. The van der Waals surface area contributed by atoms with Crippen molar-refractivity contribution in [1.82, 2.24) is 4.90 Å². The Labute approximate surface area is 255 Å². The highest BCUT2D eigenvalue weighted by molar-refractivity contribution is 5.82. The van der Waals surface area contributed by atoms with E-state index in [0.717, 1.165) is 17.7 Å². The molecule has 14 heteroatoms. The van der Waals surface area contributed by atoms with Crippen LogP contribution in [0.1, 0.15) is 42.6 Å². The molecular formula is C31H32F3NO10. The molecule has 1 spiro atoms. The lowest BCUT2D eigenvalue weighted by Gasteiger charge is -2.61. The number of aliphatic carboxylic acids is 1. The second kappa shape index (κ2) is 11.7. The van der Waals surface area contributed by atoms with Crippen LogP contribution in [0, 0.1) is 0 Å². The molecule has 1 saturated heterocycles. The van der Waals surface area contributed by atoms with Gasteiger partial charge in [0.25, 0.3) is 0 Å². The van der Waals surface area contributed by atoms with Crippen molar-refractivity contribution in [3.63, 3.8) is 0 Å². The fraction of sp³-hybridized carbons (Fsp3) is 0.452. The van der Waals surface area contributed by atoms with Gasteiger partial charge in [0.1, 0.15) is 5.76 Å². The van der Waals surface area contributed by atoms with Gasteiger partial charge in [-0.2, -0.15) is 13.2 Å². The quantitative estimate of drug-likeness (QED) is 0.402. The zero-order valence-corrected chi connectivity index (χ0v) is 24.5. The van der Waals surface area contributed by atoms with Crippen molar-refractivity contribution in [1.29, 1.82) is 0 Å². The fourth-order valence-electron chi connectivity index (χ4n) is 6.85. The molecule has 2 aliphatic carbocycles. The van der Waals surface area contributed by atoms with Crippen LogP contribution in [0.15, 0.2) is 54.3 Å². The maximum absolute atomic E-state index is 13.1. The summed E-state index contributed by atoms with van der Waals surface area (Å²) in [5.74, 6) is -3.08. The molecule has 2 aromatic carbocycles. The predicted octanol–water partition coefficient (Wildman–Crippen LogP) is 2.81. The summed E-state index contributed by atoms with van der Waals surface area (Å²) in [4.78, 5) is 36.7. The van der Waals surface area contributed by atoms with Crippen molar-refractivity contribution in [2.45, 2.75) is 67.7 Å². The number of aliphatic hydroxyl groups excluding tert-OH is 1. The highest BCUT2D eigenvalue weighted by atomic mass is 19.4. The molecule has 0 saturated carbocycles. The van der Waals surface area contributed by atoms with Crippen molar-refractivity contribution >= 4 is 17.9 Å². The highest BCUT2D eigenvalue weighted by Gasteiger charge is 2.72. The number of hydrogen-bond acceptors (Lipinski definition) is 10. The summed E-state index contributed by atoms with van der Waals surface area (Å²) in [6, 6.07) is 12.1. The zero-order chi connectivity index (χ0) is 32.9. The standard InChI is InChI=1S/C29H31NO8.C2HF3O2/c1-16(36-27(33)23(31)17-7-5-4-6-8-17)26(32)37-20-11-12-29(34)21-15-18-9-10-19(35-3)24-22(18)28(29,25(20)38-24)13-14-30(21)2;3-2(4,5)1(6)7/h4-11,16,21,23,25,31,34H,12-15H2,1-3H3;(H,6,7)/t16?,21-,23?,25+,28+,29-;/m1./s1. The number of aliphatic hydroxyl groups is 2. The average Bonchev–Trinajstić information content (AvgIpc) is 3.36. The fourth-order valence-corrected chi connectivity index (χ4v) is 6.85. The molecule has 0 radical (unpaired) electrons. The lowest BCUT2D eigenvalue weighted by atomic mass is 9.50. The number of esters is 2. The first-order valence-corrected chi connectivity index (χ1v) is 14.1. The molecule has 11 nitrogen and oxygen atoms in total. The number of likely N-dealkylation sites (N-methyl/N-ethyl adjacent to an activating group) is 1. The molecule has 242 valence electrons. The Morgan fingerprint density at radius 3 is 2.40 bits per heavy atom. The molecule has 0 amide bonds. The van der Waals surface area contributed by atoms with Gasteiger partial charge in [-0.15, -0.1) is 0 Å². The van der Waals surface area contributed by atoms with Gasteiger partial charge in [0.2, 0.25) is 0 Å². The van der Waals surface area contributed by atoms with Crippen molar-refractivity contribution in [2.24, 2.45) is 0 Å². The monoisotopic (exact) mass is 635 g/mol. The molecule has 2 aromatic rings. The van der Waals surface area contributed by atoms with E-state index >= 15 is 0 Å². The third-order valence-electron chi connectivity index (χ3n) is 8.98. The van der Waals surface area contributed by atoms with Gasteiger partial charge in [-0.25, -0.2) is 14.4 Å². The summed E-state index contributed by atoms with van der Waals surface area (Å²) >= 11 is 0. The number of alkyl halides is 3. The molecule has 2 aliphatic heterocycles. The van der Waals surface area contributed by atoms with Crippen LogP contribution in [0.3, 0.4) is 0 Å². The van der Waals surface area contributed by atoms with Crippen molar-refractivity contribution in [3.8, 4) is 11.5 Å². The Hall–Kier alpha value is -4.14. The van der Waals surface area contributed by atoms with Crippen molar-refractivity contribution in [2.75, 3.05) is 20.7 Å². The van der Waals surface area contributed by atoms with Gasteiger partial charge in [-0.3, -0.25) is 0 Å². The van der Waals surface area contributed by atoms with E-state index in [1.165, 1.54) is 6.92 Å². The number of hydrogen-bond donors (Lipinski definition) is 3. The van der Waals surface area contributed by atoms with Crippen molar-refractivity contribution in [3.05, 3.63) is 71.0 Å². The van der Waals surface area contributed by atoms with Crippen LogP contribution in [0.4, 0.5) is 13.2 Å². The molecule has 3 N–H and O–H groups in total. The second-order valence-electron chi connectivity index (χ2n) is 11.4. The Bertz CT molecular complexity index is 1530. The number of ether oxygens (including phenoxy) is 4. The minimum atomic E-state index is -5.08.